The Kier molecular flexibility index (Phi) is 5.49. The molecule has 0 aromatic heterocycles. The number of rotatable bonds is 6. The van der Waals surface area contributed by atoms with Crippen LogP contribution in [0.3, 0.4) is 0 Å². The zero-order valence-electron chi connectivity index (χ0n) is 11.2. The Morgan fingerprint density at radius 3 is 2.61 bits per heavy atom. The first-order valence-corrected chi connectivity index (χ1v) is 6.91. The van der Waals surface area contributed by atoms with E-state index in [0.717, 1.165) is 51.4 Å². The number of aryl methyl sites for hydroxylation is 1. The Morgan fingerprint density at radius 1 is 1.22 bits per heavy atom. The molecule has 0 amide bonds. The molecule has 0 bridgehead atoms. The van der Waals surface area contributed by atoms with Gasteiger partial charge in [0.15, 0.2) is 0 Å². The molecule has 0 radical (unpaired) electrons. The van der Waals surface area contributed by atoms with Gasteiger partial charge in [-0.15, -0.1) is 0 Å². The number of benzene rings is 1. The standard InChI is InChI=1S/C15H23NO2/c1-2-13-3-5-15(6-4-13)18-12-9-16-14-7-10-17-11-8-14/h3-6,14,16H,2,7-12H2,1H3. The molecule has 3 heteroatoms. The van der Waals surface area contributed by atoms with Gasteiger partial charge in [0.1, 0.15) is 12.4 Å². The molecule has 1 aliphatic rings. The van der Waals surface area contributed by atoms with E-state index in [-0.39, 0.29) is 0 Å². The molecular weight excluding hydrogens is 226 g/mol. The minimum absolute atomic E-state index is 0.602. The van der Waals surface area contributed by atoms with Gasteiger partial charge >= 0.3 is 0 Å². The summed E-state index contributed by atoms with van der Waals surface area (Å²) in [6.07, 6.45) is 3.31. The second-order valence-corrected chi connectivity index (χ2v) is 4.69. The molecule has 1 aromatic carbocycles. The predicted octanol–water partition coefficient (Wildman–Crippen LogP) is 2.40. The van der Waals surface area contributed by atoms with Gasteiger partial charge in [-0.3, -0.25) is 0 Å². The lowest BCUT2D eigenvalue weighted by Crippen LogP contribution is -2.37. The van der Waals surface area contributed by atoms with Crippen molar-refractivity contribution in [1.29, 1.82) is 0 Å². The van der Waals surface area contributed by atoms with E-state index in [1.54, 1.807) is 0 Å². The fourth-order valence-electron chi connectivity index (χ4n) is 2.16. The van der Waals surface area contributed by atoms with Gasteiger partial charge in [-0.2, -0.15) is 0 Å². The zero-order valence-corrected chi connectivity index (χ0v) is 11.2. The van der Waals surface area contributed by atoms with Gasteiger partial charge in [0, 0.05) is 25.8 Å². The van der Waals surface area contributed by atoms with Gasteiger partial charge in [-0.05, 0) is 37.0 Å². The molecule has 1 heterocycles. The van der Waals surface area contributed by atoms with Crippen LogP contribution in [0.2, 0.25) is 0 Å². The Balaban J connectivity index is 1.62. The van der Waals surface area contributed by atoms with Gasteiger partial charge in [0.25, 0.3) is 0 Å². The van der Waals surface area contributed by atoms with Crippen molar-refractivity contribution in [2.75, 3.05) is 26.4 Å². The van der Waals surface area contributed by atoms with Gasteiger partial charge in [0.2, 0.25) is 0 Å². The molecular formula is C15H23NO2. The van der Waals surface area contributed by atoms with E-state index in [0.29, 0.717) is 6.04 Å². The highest BCUT2D eigenvalue weighted by atomic mass is 16.5. The Labute approximate surface area is 109 Å². The molecule has 1 N–H and O–H groups in total. The average Bonchev–Trinajstić information content (AvgIpc) is 2.45. The molecule has 18 heavy (non-hydrogen) atoms. The average molecular weight is 249 g/mol. The molecule has 1 saturated heterocycles. The van der Waals surface area contributed by atoms with E-state index in [1.807, 2.05) is 12.1 Å². The molecule has 0 aliphatic carbocycles. The molecule has 0 unspecified atom stereocenters. The van der Waals surface area contributed by atoms with E-state index in [1.165, 1.54) is 5.56 Å². The van der Waals surface area contributed by atoms with Gasteiger partial charge in [-0.25, -0.2) is 0 Å². The third-order valence-corrected chi connectivity index (χ3v) is 3.36. The van der Waals surface area contributed by atoms with Crippen LogP contribution in [-0.2, 0) is 11.2 Å². The fraction of sp³-hybridized carbons (Fsp3) is 0.600. The number of nitrogens with one attached hydrogen (secondary N) is 1. The van der Waals surface area contributed by atoms with Crippen molar-refractivity contribution < 1.29 is 9.47 Å². The van der Waals surface area contributed by atoms with E-state index >= 15 is 0 Å². The molecule has 0 saturated carbocycles. The fourth-order valence-corrected chi connectivity index (χ4v) is 2.16. The van der Waals surface area contributed by atoms with Crippen LogP contribution >= 0.6 is 0 Å². The van der Waals surface area contributed by atoms with Crippen molar-refractivity contribution in [3.05, 3.63) is 29.8 Å². The molecule has 3 nitrogen and oxygen atoms in total. The van der Waals surface area contributed by atoms with Crippen LogP contribution in [0.15, 0.2) is 24.3 Å². The van der Waals surface area contributed by atoms with E-state index in [4.69, 9.17) is 9.47 Å². The SMILES string of the molecule is CCc1ccc(OCCNC2CCOCC2)cc1. The maximum Gasteiger partial charge on any atom is 0.119 e. The number of hydrogen-bond donors (Lipinski definition) is 1. The second kappa shape index (κ2) is 7.39. The monoisotopic (exact) mass is 249 g/mol. The maximum atomic E-state index is 5.70. The minimum atomic E-state index is 0.602. The van der Waals surface area contributed by atoms with Crippen molar-refractivity contribution in [2.45, 2.75) is 32.2 Å². The van der Waals surface area contributed by atoms with Crippen molar-refractivity contribution >= 4 is 0 Å². The molecule has 1 fully saturated rings. The largest absolute Gasteiger partial charge is 0.492 e. The first-order valence-electron chi connectivity index (χ1n) is 6.91. The summed E-state index contributed by atoms with van der Waals surface area (Å²) < 4.78 is 11.0. The summed E-state index contributed by atoms with van der Waals surface area (Å²) in [7, 11) is 0. The maximum absolute atomic E-state index is 5.70. The summed E-state index contributed by atoms with van der Waals surface area (Å²) >= 11 is 0. The molecule has 2 rings (SSSR count). The molecule has 1 aromatic rings. The molecule has 0 atom stereocenters. The predicted molar refractivity (Wildman–Crippen MR) is 73.2 cm³/mol. The lowest BCUT2D eigenvalue weighted by Gasteiger charge is -2.23. The Hall–Kier alpha value is -1.06. The van der Waals surface area contributed by atoms with Crippen LogP contribution in [0, 0.1) is 0 Å². The summed E-state index contributed by atoms with van der Waals surface area (Å²) in [4.78, 5) is 0. The number of hydrogen-bond acceptors (Lipinski definition) is 3. The molecule has 0 spiro atoms. The highest BCUT2D eigenvalue weighted by Gasteiger charge is 2.12. The lowest BCUT2D eigenvalue weighted by atomic mass is 10.1. The van der Waals surface area contributed by atoms with Gasteiger partial charge in [0.05, 0.1) is 0 Å². The van der Waals surface area contributed by atoms with Crippen LogP contribution in [0.4, 0.5) is 0 Å². The highest BCUT2D eigenvalue weighted by molar-refractivity contribution is 5.27. The van der Waals surface area contributed by atoms with Crippen LogP contribution in [0.1, 0.15) is 25.3 Å². The van der Waals surface area contributed by atoms with Crippen molar-refractivity contribution in [3.63, 3.8) is 0 Å². The number of ether oxygens (including phenoxy) is 2. The van der Waals surface area contributed by atoms with E-state index in [2.05, 4.69) is 24.4 Å². The summed E-state index contributed by atoms with van der Waals surface area (Å²) in [6, 6.07) is 8.95. The normalized spacial score (nSPS) is 16.7. The Bertz CT molecular complexity index is 331. The smallest absolute Gasteiger partial charge is 0.119 e. The minimum Gasteiger partial charge on any atom is -0.492 e. The summed E-state index contributed by atoms with van der Waals surface area (Å²) in [5.74, 6) is 0.959. The third kappa shape index (κ3) is 4.31. The highest BCUT2D eigenvalue weighted by Crippen LogP contribution is 2.12. The lowest BCUT2D eigenvalue weighted by molar-refractivity contribution is 0.0770. The summed E-state index contributed by atoms with van der Waals surface area (Å²) in [5, 5.41) is 3.51. The second-order valence-electron chi connectivity index (χ2n) is 4.69. The van der Waals surface area contributed by atoms with Crippen molar-refractivity contribution in [1.82, 2.24) is 5.32 Å². The summed E-state index contributed by atoms with van der Waals surface area (Å²) in [6.45, 7) is 5.56. The van der Waals surface area contributed by atoms with Crippen molar-refractivity contribution in [2.24, 2.45) is 0 Å². The van der Waals surface area contributed by atoms with Crippen LogP contribution in [0.5, 0.6) is 5.75 Å². The van der Waals surface area contributed by atoms with Crippen LogP contribution < -0.4 is 10.1 Å². The zero-order chi connectivity index (χ0) is 12.6. The summed E-state index contributed by atoms with van der Waals surface area (Å²) in [5.41, 5.74) is 1.35. The van der Waals surface area contributed by atoms with E-state index in [9.17, 15) is 0 Å². The van der Waals surface area contributed by atoms with Gasteiger partial charge < -0.3 is 14.8 Å². The first-order chi connectivity index (χ1) is 8.88. The van der Waals surface area contributed by atoms with E-state index < -0.39 is 0 Å². The third-order valence-electron chi connectivity index (χ3n) is 3.36. The van der Waals surface area contributed by atoms with Crippen molar-refractivity contribution in [3.8, 4) is 5.75 Å². The molecule has 100 valence electrons. The topological polar surface area (TPSA) is 30.5 Å². The van der Waals surface area contributed by atoms with Gasteiger partial charge in [-0.1, -0.05) is 19.1 Å². The quantitative estimate of drug-likeness (QED) is 0.785. The van der Waals surface area contributed by atoms with Crippen LogP contribution in [-0.4, -0.2) is 32.4 Å². The first kappa shape index (κ1) is 13.4. The molecule has 1 aliphatic heterocycles. The van der Waals surface area contributed by atoms with Crippen LogP contribution in [0.25, 0.3) is 0 Å². The Morgan fingerprint density at radius 2 is 1.94 bits per heavy atom.